The van der Waals surface area contributed by atoms with Gasteiger partial charge in [0.1, 0.15) is 5.82 Å². The molecule has 1 aromatic carbocycles. The van der Waals surface area contributed by atoms with Crippen molar-refractivity contribution >= 4 is 5.91 Å². The number of hydrogen-bond acceptors (Lipinski definition) is 2. The quantitative estimate of drug-likeness (QED) is 0.789. The van der Waals surface area contributed by atoms with Gasteiger partial charge in [0.15, 0.2) is 0 Å². The van der Waals surface area contributed by atoms with Gasteiger partial charge in [0, 0.05) is 19.0 Å². The summed E-state index contributed by atoms with van der Waals surface area (Å²) in [5.74, 6) is 0.0641. The first-order chi connectivity index (χ1) is 8.72. The third kappa shape index (κ3) is 1.72. The molecule has 2 N–H and O–H groups in total. The molecular weight excluding hydrogens is 231 g/mol. The smallest absolute Gasteiger partial charge is 0.228 e. The van der Waals surface area contributed by atoms with Gasteiger partial charge in [-0.2, -0.15) is 0 Å². The van der Waals surface area contributed by atoms with E-state index >= 15 is 0 Å². The van der Waals surface area contributed by atoms with Crippen LogP contribution in [0.4, 0.5) is 4.39 Å². The van der Waals surface area contributed by atoms with Crippen molar-refractivity contribution in [2.75, 3.05) is 19.6 Å². The number of nitrogens with one attached hydrogen (secondary N) is 2. The van der Waals surface area contributed by atoms with Crippen molar-refractivity contribution in [3.8, 4) is 0 Å². The van der Waals surface area contributed by atoms with Crippen molar-refractivity contribution in [1.82, 2.24) is 10.6 Å². The molecule has 3 nitrogen and oxygen atoms in total. The van der Waals surface area contributed by atoms with E-state index < -0.39 is 0 Å². The maximum Gasteiger partial charge on any atom is 0.228 e. The van der Waals surface area contributed by atoms with Gasteiger partial charge in [-0.3, -0.25) is 4.79 Å². The fourth-order valence-corrected chi connectivity index (χ4v) is 3.28. The highest BCUT2D eigenvalue weighted by atomic mass is 19.1. The van der Waals surface area contributed by atoms with Crippen molar-refractivity contribution < 1.29 is 9.18 Å². The molecule has 96 valence electrons. The molecule has 2 aliphatic rings. The lowest BCUT2D eigenvalue weighted by Gasteiger charge is -2.36. The highest BCUT2D eigenvalue weighted by Gasteiger charge is 2.50. The van der Waals surface area contributed by atoms with E-state index in [9.17, 15) is 9.18 Å². The van der Waals surface area contributed by atoms with Gasteiger partial charge in [-0.05, 0) is 37.1 Å². The zero-order valence-electron chi connectivity index (χ0n) is 10.2. The van der Waals surface area contributed by atoms with Crippen molar-refractivity contribution in [2.45, 2.75) is 18.8 Å². The molecule has 2 atom stereocenters. The van der Waals surface area contributed by atoms with Crippen LogP contribution >= 0.6 is 0 Å². The standard InChI is InChI=1S/C14H17FN2O/c15-11-4-2-10(3-5-11)12-8-17-13(18)14(12)6-1-7-16-9-14/h2-5,12,16H,1,6-9H2,(H,17,18). The molecule has 0 bridgehead atoms. The summed E-state index contributed by atoms with van der Waals surface area (Å²) < 4.78 is 13.0. The Balaban J connectivity index is 1.95. The summed E-state index contributed by atoms with van der Waals surface area (Å²) in [4.78, 5) is 12.2. The summed E-state index contributed by atoms with van der Waals surface area (Å²) in [5, 5.41) is 6.29. The van der Waals surface area contributed by atoms with Gasteiger partial charge in [0.25, 0.3) is 0 Å². The molecule has 4 heteroatoms. The van der Waals surface area contributed by atoms with Crippen LogP contribution in [0, 0.1) is 11.2 Å². The summed E-state index contributed by atoms with van der Waals surface area (Å²) in [5.41, 5.74) is 0.717. The molecular formula is C14H17FN2O. The molecule has 1 aromatic rings. The Bertz CT molecular complexity index is 451. The normalized spacial score (nSPS) is 31.6. The van der Waals surface area contributed by atoms with Crippen LogP contribution in [0.5, 0.6) is 0 Å². The van der Waals surface area contributed by atoms with Crippen LogP contribution in [0.25, 0.3) is 0 Å². The second-order valence-corrected chi connectivity index (χ2v) is 5.25. The second-order valence-electron chi connectivity index (χ2n) is 5.25. The largest absolute Gasteiger partial charge is 0.355 e. The molecule has 3 rings (SSSR count). The number of benzene rings is 1. The summed E-state index contributed by atoms with van der Waals surface area (Å²) in [6.45, 7) is 2.36. The van der Waals surface area contributed by atoms with E-state index in [-0.39, 0.29) is 23.1 Å². The van der Waals surface area contributed by atoms with E-state index in [1.165, 1.54) is 12.1 Å². The molecule has 0 aliphatic carbocycles. The maximum absolute atomic E-state index is 13.0. The molecule has 0 saturated carbocycles. The van der Waals surface area contributed by atoms with Gasteiger partial charge in [-0.25, -0.2) is 4.39 Å². The van der Waals surface area contributed by atoms with Crippen LogP contribution in [0.3, 0.4) is 0 Å². The Morgan fingerprint density at radius 2 is 2.06 bits per heavy atom. The topological polar surface area (TPSA) is 41.1 Å². The minimum atomic E-state index is -0.337. The molecule has 2 unspecified atom stereocenters. The average Bonchev–Trinajstić information content (AvgIpc) is 2.70. The van der Waals surface area contributed by atoms with Gasteiger partial charge >= 0.3 is 0 Å². The van der Waals surface area contributed by atoms with E-state index in [0.717, 1.165) is 31.5 Å². The Kier molecular flexibility index (Phi) is 2.82. The number of hydrogen-bond donors (Lipinski definition) is 2. The van der Waals surface area contributed by atoms with Crippen LogP contribution in [0.15, 0.2) is 24.3 Å². The minimum Gasteiger partial charge on any atom is -0.355 e. The molecule has 1 amide bonds. The average molecular weight is 248 g/mol. The van der Waals surface area contributed by atoms with Crippen molar-refractivity contribution in [3.05, 3.63) is 35.6 Å². The van der Waals surface area contributed by atoms with E-state index in [4.69, 9.17) is 0 Å². The number of carbonyl (C=O) groups excluding carboxylic acids is 1. The predicted molar refractivity (Wildman–Crippen MR) is 66.7 cm³/mol. The fourth-order valence-electron chi connectivity index (χ4n) is 3.28. The van der Waals surface area contributed by atoms with Crippen LogP contribution in [0.2, 0.25) is 0 Å². The molecule has 1 spiro atoms. The SMILES string of the molecule is O=C1NCC(c2ccc(F)cc2)C12CCCNC2. The Morgan fingerprint density at radius 1 is 1.28 bits per heavy atom. The maximum atomic E-state index is 13.0. The molecule has 0 radical (unpaired) electrons. The lowest BCUT2D eigenvalue weighted by molar-refractivity contribution is -0.129. The van der Waals surface area contributed by atoms with Crippen LogP contribution in [0.1, 0.15) is 24.3 Å². The number of rotatable bonds is 1. The second kappa shape index (κ2) is 4.35. The van der Waals surface area contributed by atoms with E-state index in [0.29, 0.717) is 6.54 Å². The van der Waals surface area contributed by atoms with E-state index in [1.54, 1.807) is 12.1 Å². The summed E-state index contributed by atoms with van der Waals surface area (Å²) in [6.07, 6.45) is 1.93. The molecule has 2 aliphatic heterocycles. The Labute approximate surface area is 106 Å². The molecule has 2 fully saturated rings. The lowest BCUT2D eigenvalue weighted by Crippen LogP contribution is -2.47. The van der Waals surface area contributed by atoms with E-state index in [1.807, 2.05) is 0 Å². The van der Waals surface area contributed by atoms with Gasteiger partial charge < -0.3 is 10.6 Å². The highest BCUT2D eigenvalue weighted by Crippen LogP contribution is 2.44. The van der Waals surface area contributed by atoms with E-state index in [2.05, 4.69) is 10.6 Å². The minimum absolute atomic E-state index is 0.143. The van der Waals surface area contributed by atoms with Gasteiger partial charge in [0.05, 0.1) is 5.41 Å². The van der Waals surface area contributed by atoms with Crippen LogP contribution in [-0.4, -0.2) is 25.5 Å². The molecule has 18 heavy (non-hydrogen) atoms. The first kappa shape index (κ1) is 11.7. The number of halogens is 1. The zero-order valence-corrected chi connectivity index (χ0v) is 10.2. The third-order valence-corrected chi connectivity index (χ3v) is 4.28. The third-order valence-electron chi connectivity index (χ3n) is 4.28. The predicted octanol–water partition coefficient (Wildman–Crippen LogP) is 1.41. The molecule has 0 aromatic heterocycles. The number of amides is 1. The molecule has 2 saturated heterocycles. The van der Waals surface area contributed by atoms with Crippen LogP contribution in [-0.2, 0) is 4.79 Å². The first-order valence-corrected chi connectivity index (χ1v) is 6.47. The van der Waals surface area contributed by atoms with Crippen molar-refractivity contribution in [2.24, 2.45) is 5.41 Å². The van der Waals surface area contributed by atoms with Crippen LogP contribution < -0.4 is 10.6 Å². The number of piperidine rings is 1. The lowest BCUT2D eigenvalue weighted by atomic mass is 9.69. The van der Waals surface area contributed by atoms with Crippen molar-refractivity contribution in [1.29, 1.82) is 0 Å². The van der Waals surface area contributed by atoms with Crippen molar-refractivity contribution in [3.63, 3.8) is 0 Å². The first-order valence-electron chi connectivity index (χ1n) is 6.47. The Hall–Kier alpha value is -1.42. The Morgan fingerprint density at radius 3 is 2.72 bits per heavy atom. The summed E-state index contributed by atoms with van der Waals surface area (Å²) in [7, 11) is 0. The van der Waals surface area contributed by atoms with Gasteiger partial charge in [0.2, 0.25) is 5.91 Å². The molecule has 2 heterocycles. The summed E-state index contributed by atoms with van der Waals surface area (Å²) in [6, 6.07) is 6.55. The monoisotopic (exact) mass is 248 g/mol. The van der Waals surface area contributed by atoms with Gasteiger partial charge in [-0.1, -0.05) is 12.1 Å². The number of carbonyl (C=O) groups is 1. The van der Waals surface area contributed by atoms with Gasteiger partial charge in [-0.15, -0.1) is 0 Å². The fraction of sp³-hybridized carbons (Fsp3) is 0.500. The summed E-state index contributed by atoms with van der Waals surface area (Å²) >= 11 is 0. The zero-order chi connectivity index (χ0) is 12.6. The highest BCUT2D eigenvalue weighted by molar-refractivity contribution is 5.87.